The van der Waals surface area contributed by atoms with Crippen LogP contribution in [0.4, 0.5) is 0 Å². The average molecular weight is 236 g/mol. The number of hydrogen-bond acceptors (Lipinski definition) is 3. The maximum absolute atomic E-state index is 4.40. The van der Waals surface area contributed by atoms with E-state index in [1.807, 2.05) is 0 Å². The van der Waals surface area contributed by atoms with Crippen molar-refractivity contribution in [2.24, 2.45) is 11.8 Å². The van der Waals surface area contributed by atoms with Crippen LogP contribution in [0.25, 0.3) is 0 Å². The molecule has 96 valence electrons. The molecule has 17 heavy (non-hydrogen) atoms. The van der Waals surface area contributed by atoms with Crippen molar-refractivity contribution in [1.29, 1.82) is 0 Å². The largest absolute Gasteiger partial charge is 0.317 e. The third kappa shape index (κ3) is 3.06. The zero-order chi connectivity index (χ0) is 12.1. The predicted octanol–water partition coefficient (Wildman–Crippen LogP) is 1.87. The van der Waals surface area contributed by atoms with Gasteiger partial charge < -0.3 is 5.32 Å². The molecule has 4 heteroatoms. The van der Waals surface area contributed by atoms with Crippen molar-refractivity contribution >= 4 is 0 Å². The number of aromatic nitrogens is 3. The molecule has 1 fully saturated rings. The van der Waals surface area contributed by atoms with Gasteiger partial charge in [0.2, 0.25) is 0 Å². The Morgan fingerprint density at radius 3 is 2.82 bits per heavy atom. The summed E-state index contributed by atoms with van der Waals surface area (Å²) in [5, 5.41) is 7.75. The molecule has 1 heterocycles. The van der Waals surface area contributed by atoms with Crippen molar-refractivity contribution in [3.63, 3.8) is 0 Å². The number of nitrogens with one attached hydrogen (secondary N) is 1. The van der Waals surface area contributed by atoms with E-state index < -0.39 is 0 Å². The quantitative estimate of drug-likeness (QED) is 0.786. The van der Waals surface area contributed by atoms with Crippen LogP contribution in [0.5, 0.6) is 0 Å². The minimum atomic E-state index is 0.814. The van der Waals surface area contributed by atoms with Gasteiger partial charge in [-0.05, 0) is 44.2 Å². The first kappa shape index (κ1) is 12.6. The van der Waals surface area contributed by atoms with Gasteiger partial charge in [0.25, 0.3) is 0 Å². The van der Waals surface area contributed by atoms with Crippen LogP contribution < -0.4 is 5.32 Å². The molecule has 1 aromatic heterocycles. The van der Waals surface area contributed by atoms with Crippen LogP contribution in [0.3, 0.4) is 0 Å². The Morgan fingerprint density at radius 1 is 1.35 bits per heavy atom. The van der Waals surface area contributed by atoms with E-state index in [2.05, 4.69) is 33.9 Å². The van der Waals surface area contributed by atoms with Crippen molar-refractivity contribution in [2.75, 3.05) is 13.1 Å². The monoisotopic (exact) mass is 236 g/mol. The molecule has 2 rings (SSSR count). The van der Waals surface area contributed by atoms with Crippen LogP contribution in [-0.4, -0.2) is 27.9 Å². The lowest BCUT2D eigenvalue weighted by atomic mass is 9.71. The van der Waals surface area contributed by atoms with Gasteiger partial charge in [-0.25, -0.2) is 4.98 Å². The van der Waals surface area contributed by atoms with E-state index in [1.165, 1.54) is 25.2 Å². The number of aryl methyl sites for hydroxylation is 1. The second-order valence-electron chi connectivity index (χ2n) is 5.01. The van der Waals surface area contributed by atoms with Crippen LogP contribution >= 0.6 is 0 Å². The predicted molar refractivity (Wildman–Crippen MR) is 68.8 cm³/mol. The average Bonchev–Trinajstić information content (AvgIpc) is 2.73. The summed E-state index contributed by atoms with van der Waals surface area (Å²) in [4.78, 5) is 4.40. The van der Waals surface area contributed by atoms with Gasteiger partial charge in [-0.1, -0.05) is 13.8 Å². The van der Waals surface area contributed by atoms with Gasteiger partial charge in [-0.2, -0.15) is 5.10 Å². The van der Waals surface area contributed by atoms with Crippen LogP contribution in [0.15, 0.2) is 6.33 Å². The van der Waals surface area contributed by atoms with Crippen molar-refractivity contribution in [2.45, 2.75) is 46.1 Å². The van der Waals surface area contributed by atoms with Gasteiger partial charge in [0.1, 0.15) is 12.2 Å². The summed E-state index contributed by atoms with van der Waals surface area (Å²) in [6.45, 7) is 7.60. The lowest BCUT2D eigenvalue weighted by molar-refractivity contribution is 0.167. The van der Waals surface area contributed by atoms with Crippen molar-refractivity contribution in [1.82, 2.24) is 20.1 Å². The Balaban J connectivity index is 1.85. The number of rotatable bonds is 7. The van der Waals surface area contributed by atoms with E-state index in [1.54, 1.807) is 6.33 Å². The van der Waals surface area contributed by atoms with Crippen molar-refractivity contribution in [3.8, 4) is 0 Å². The summed E-state index contributed by atoms with van der Waals surface area (Å²) in [5.41, 5.74) is 0. The highest BCUT2D eigenvalue weighted by Gasteiger charge is 2.31. The van der Waals surface area contributed by atoms with E-state index in [4.69, 9.17) is 0 Å². The molecule has 0 aliphatic heterocycles. The van der Waals surface area contributed by atoms with Crippen LogP contribution in [0.2, 0.25) is 0 Å². The van der Waals surface area contributed by atoms with E-state index in [-0.39, 0.29) is 0 Å². The zero-order valence-electron chi connectivity index (χ0n) is 11.0. The third-order valence-electron chi connectivity index (χ3n) is 3.81. The third-order valence-corrected chi connectivity index (χ3v) is 3.81. The highest BCUT2D eigenvalue weighted by atomic mass is 15.3. The molecule has 0 spiro atoms. The van der Waals surface area contributed by atoms with E-state index in [9.17, 15) is 0 Å². The Kier molecular flexibility index (Phi) is 4.54. The summed E-state index contributed by atoms with van der Waals surface area (Å²) >= 11 is 0. The zero-order valence-corrected chi connectivity index (χ0v) is 11.0. The van der Waals surface area contributed by atoms with Crippen LogP contribution in [0.1, 0.15) is 38.9 Å². The second kappa shape index (κ2) is 6.15. The SMILES string of the molecule is CCCn1ncnc1CC1CCC1CNCC. The molecule has 1 saturated carbocycles. The Morgan fingerprint density at radius 2 is 2.18 bits per heavy atom. The minimum Gasteiger partial charge on any atom is -0.317 e. The van der Waals surface area contributed by atoms with Gasteiger partial charge in [-0.15, -0.1) is 0 Å². The molecule has 0 saturated heterocycles. The molecule has 1 aromatic rings. The Labute approximate surface area is 104 Å². The molecule has 0 amide bonds. The molecular weight excluding hydrogens is 212 g/mol. The van der Waals surface area contributed by atoms with E-state index in [0.29, 0.717) is 0 Å². The summed E-state index contributed by atoms with van der Waals surface area (Å²) in [6, 6.07) is 0. The molecule has 0 radical (unpaired) electrons. The van der Waals surface area contributed by atoms with Crippen LogP contribution in [0, 0.1) is 11.8 Å². The molecule has 1 aliphatic rings. The number of hydrogen-bond donors (Lipinski definition) is 1. The van der Waals surface area contributed by atoms with Crippen molar-refractivity contribution in [3.05, 3.63) is 12.2 Å². The minimum absolute atomic E-state index is 0.814. The first-order valence-electron chi connectivity index (χ1n) is 6.92. The highest BCUT2D eigenvalue weighted by Crippen LogP contribution is 2.35. The second-order valence-corrected chi connectivity index (χ2v) is 5.01. The van der Waals surface area contributed by atoms with Gasteiger partial charge in [0, 0.05) is 13.0 Å². The van der Waals surface area contributed by atoms with E-state index >= 15 is 0 Å². The molecule has 4 nitrogen and oxygen atoms in total. The molecular formula is C13H24N4. The fourth-order valence-electron chi connectivity index (χ4n) is 2.58. The number of nitrogens with zero attached hydrogens (tertiary/aromatic N) is 3. The first-order valence-corrected chi connectivity index (χ1v) is 6.92. The Hall–Kier alpha value is -0.900. The van der Waals surface area contributed by atoms with Crippen molar-refractivity contribution < 1.29 is 0 Å². The van der Waals surface area contributed by atoms with Crippen LogP contribution in [-0.2, 0) is 13.0 Å². The maximum Gasteiger partial charge on any atom is 0.138 e. The smallest absolute Gasteiger partial charge is 0.138 e. The van der Waals surface area contributed by atoms with Gasteiger partial charge in [0.05, 0.1) is 0 Å². The molecule has 0 aromatic carbocycles. The topological polar surface area (TPSA) is 42.7 Å². The molecule has 0 bridgehead atoms. The standard InChI is InChI=1S/C13H24N4/c1-3-7-17-13(15-10-16-17)8-11-5-6-12(11)9-14-4-2/h10-12,14H,3-9H2,1-2H3. The fourth-order valence-corrected chi connectivity index (χ4v) is 2.58. The molecule has 1 N–H and O–H groups in total. The highest BCUT2D eigenvalue weighted by molar-refractivity contribution is 4.93. The summed E-state index contributed by atoms with van der Waals surface area (Å²) in [5.74, 6) is 2.84. The lowest BCUT2D eigenvalue weighted by Gasteiger charge is -2.36. The first-order chi connectivity index (χ1) is 8.35. The van der Waals surface area contributed by atoms with E-state index in [0.717, 1.165) is 37.8 Å². The fraction of sp³-hybridized carbons (Fsp3) is 0.846. The molecule has 1 aliphatic carbocycles. The summed E-state index contributed by atoms with van der Waals surface area (Å²) in [6.07, 6.45) is 6.66. The van der Waals surface area contributed by atoms with Gasteiger partial charge >= 0.3 is 0 Å². The lowest BCUT2D eigenvalue weighted by Crippen LogP contribution is -2.36. The maximum atomic E-state index is 4.40. The summed E-state index contributed by atoms with van der Waals surface area (Å²) in [7, 11) is 0. The Bertz CT molecular complexity index is 334. The van der Waals surface area contributed by atoms with Gasteiger partial charge in [0.15, 0.2) is 0 Å². The normalized spacial score (nSPS) is 23.6. The molecule has 2 atom stereocenters. The van der Waals surface area contributed by atoms with Gasteiger partial charge in [-0.3, -0.25) is 4.68 Å². The molecule has 2 unspecified atom stereocenters. The summed E-state index contributed by atoms with van der Waals surface area (Å²) < 4.78 is 2.07.